The van der Waals surface area contributed by atoms with Gasteiger partial charge in [-0.25, -0.2) is 0 Å². The van der Waals surface area contributed by atoms with Crippen LogP contribution < -0.4 is 5.56 Å². The molecule has 0 spiro atoms. The summed E-state index contributed by atoms with van der Waals surface area (Å²) in [5.41, 5.74) is 0.893. The van der Waals surface area contributed by atoms with Crippen LogP contribution in [0, 0.1) is 18.6 Å². The Labute approximate surface area is 104 Å². The highest BCUT2D eigenvalue weighted by molar-refractivity contribution is 7.71. The molecule has 0 saturated carbocycles. The van der Waals surface area contributed by atoms with Gasteiger partial charge < -0.3 is 8.98 Å². The van der Waals surface area contributed by atoms with Gasteiger partial charge in [0.2, 0.25) is 0 Å². The minimum atomic E-state index is -0.182. The third-order valence-electron chi connectivity index (χ3n) is 2.80. The van der Waals surface area contributed by atoms with Gasteiger partial charge >= 0.3 is 0 Å². The van der Waals surface area contributed by atoms with E-state index in [0.717, 1.165) is 17.1 Å². The van der Waals surface area contributed by atoms with Crippen LogP contribution in [0.25, 0.3) is 0 Å². The van der Waals surface area contributed by atoms with Crippen molar-refractivity contribution < 1.29 is 4.42 Å². The van der Waals surface area contributed by atoms with Crippen LogP contribution in [0.4, 0.5) is 0 Å². The predicted octanol–water partition coefficient (Wildman–Crippen LogP) is 2.73. The zero-order valence-corrected chi connectivity index (χ0v) is 10.8. The summed E-state index contributed by atoms with van der Waals surface area (Å²) in [6.45, 7) is 5.86. The van der Waals surface area contributed by atoms with E-state index in [4.69, 9.17) is 16.6 Å². The summed E-state index contributed by atoms with van der Waals surface area (Å²) >= 11 is 5.14. The summed E-state index contributed by atoms with van der Waals surface area (Å²) in [4.78, 5) is 13.7. The Balaban J connectivity index is 2.50. The van der Waals surface area contributed by atoms with Crippen molar-refractivity contribution in [3.8, 4) is 0 Å². The van der Waals surface area contributed by atoms with Crippen LogP contribution >= 0.6 is 12.2 Å². The van der Waals surface area contributed by atoms with Crippen molar-refractivity contribution in [2.75, 3.05) is 0 Å². The van der Waals surface area contributed by atoms with Gasteiger partial charge in [0, 0.05) is 17.8 Å². The smallest absolute Gasteiger partial charge is 0.251 e. The second-order valence-electron chi connectivity index (χ2n) is 4.06. The molecule has 2 aromatic heterocycles. The molecule has 0 aliphatic rings. The average molecular weight is 250 g/mol. The number of nitrogens with one attached hydrogen (secondary N) is 1. The lowest BCUT2D eigenvalue weighted by molar-refractivity contribution is 0.493. The molecule has 0 aromatic carbocycles. The van der Waals surface area contributed by atoms with E-state index in [9.17, 15) is 4.79 Å². The van der Waals surface area contributed by atoms with E-state index < -0.39 is 0 Å². The Morgan fingerprint density at radius 3 is 2.71 bits per heavy atom. The summed E-state index contributed by atoms with van der Waals surface area (Å²) in [5, 5.41) is 0. The Morgan fingerprint density at radius 1 is 1.47 bits per heavy atom. The van der Waals surface area contributed by atoms with E-state index >= 15 is 0 Å². The highest BCUT2D eigenvalue weighted by Crippen LogP contribution is 2.24. The first-order chi connectivity index (χ1) is 7.99. The Morgan fingerprint density at radius 2 is 2.18 bits per heavy atom. The van der Waals surface area contributed by atoms with E-state index in [-0.39, 0.29) is 11.6 Å². The first-order valence-corrected chi connectivity index (χ1v) is 5.78. The second-order valence-corrected chi connectivity index (χ2v) is 4.45. The Kier molecular flexibility index (Phi) is 3.02. The van der Waals surface area contributed by atoms with Crippen LogP contribution in [0.1, 0.15) is 30.0 Å². The second kappa shape index (κ2) is 4.33. The normalized spacial score (nSPS) is 12.6. The quantitative estimate of drug-likeness (QED) is 0.834. The fourth-order valence-corrected chi connectivity index (χ4v) is 2.27. The van der Waals surface area contributed by atoms with Crippen molar-refractivity contribution in [2.24, 2.45) is 0 Å². The molecule has 90 valence electrons. The molecule has 2 rings (SSSR count). The number of aryl methyl sites for hydroxylation is 2. The zero-order chi connectivity index (χ0) is 12.6. The molecular weight excluding hydrogens is 236 g/mol. The lowest BCUT2D eigenvalue weighted by Crippen LogP contribution is -2.15. The molecule has 1 unspecified atom stereocenters. The van der Waals surface area contributed by atoms with Crippen molar-refractivity contribution >= 4 is 12.2 Å². The molecule has 17 heavy (non-hydrogen) atoms. The number of rotatable bonds is 2. The maximum Gasteiger partial charge on any atom is 0.251 e. The summed E-state index contributed by atoms with van der Waals surface area (Å²) in [6, 6.07) is 3.50. The topological polar surface area (TPSA) is 50.9 Å². The van der Waals surface area contributed by atoms with Gasteiger partial charge in [-0.3, -0.25) is 9.78 Å². The SMILES string of the molecule is Cc1cc(C(C)n2ccc(=O)[nH]c2=S)c(C)o1. The number of hydrogen-bond acceptors (Lipinski definition) is 3. The summed E-state index contributed by atoms with van der Waals surface area (Å²) in [7, 11) is 0. The Hall–Kier alpha value is -1.62. The average Bonchev–Trinajstić information content (AvgIpc) is 2.57. The molecule has 4 nitrogen and oxygen atoms in total. The molecule has 1 N–H and O–H groups in total. The molecule has 0 fully saturated rings. The van der Waals surface area contributed by atoms with Gasteiger partial charge in [-0.05, 0) is 39.1 Å². The van der Waals surface area contributed by atoms with Crippen molar-refractivity contribution in [1.82, 2.24) is 9.55 Å². The van der Waals surface area contributed by atoms with Gasteiger partial charge in [-0.15, -0.1) is 0 Å². The number of H-pyrrole nitrogens is 1. The number of furan rings is 1. The van der Waals surface area contributed by atoms with Crippen molar-refractivity contribution in [3.63, 3.8) is 0 Å². The zero-order valence-electron chi connectivity index (χ0n) is 9.98. The standard InChI is InChI=1S/C12H14N2O2S/c1-7-6-10(9(3)16-7)8(2)14-5-4-11(15)13-12(14)17/h4-6,8H,1-3H3,(H,13,15,17). The van der Waals surface area contributed by atoms with E-state index in [1.165, 1.54) is 6.07 Å². The van der Waals surface area contributed by atoms with Crippen LogP contribution in [0.3, 0.4) is 0 Å². The fourth-order valence-electron chi connectivity index (χ4n) is 1.95. The van der Waals surface area contributed by atoms with Gasteiger partial charge in [0.15, 0.2) is 4.77 Å². The van der Waals surface area contributed by atoms with E-state index in [2.05, 4.69) is 4.98 Å². The molecule has 0 aliphatic carbocycles. The van der Waals surface area contributed by atoms with Crippen LogP contribution in [-0.4, -0.2) is 9.55 Å². The van der Waals surface area contributed by atoms with Gasteiger partial charge in [-0.2, -0.15) is 0 Å². The largest absolute Gasteiger partial charge is 0.466 e. The molecule has 0 saturated heterocycles. The van der Waals surface area contributed by atoms with Crippen LogP contribution in [0.5, 0.6) is 0 Å². The molecule has 0 amide bonds. The van der Waals surface area contributed by atoms with Crippen LogP contribution in [-0.2, 0) is 0 Å². The van der Waals surface area contributed by atoms with Gasteiger partial charge in [0.05, 0.1) is 6.04 Å². The van der Waals surface area contributed by atoms with Gasteiger partial charge in [0.1, 0.15) is 11.5 Å². The van der Waals surface area contributed by atoms with Gasteiger partial charge in [0.25, 0.3) is 5.56 Å². The molecule has 0 radical (unpaired) electrons. The van der Waals surface area contributed by atoms with E-state index in [1.807, 2.05) is 31.4 Å². The molecule has 5 heteroatoms. The maximum atomic E-state index is 11.1. The van der Waals surface area contributed by atoms with Crippen LogP contribution in [0.2, 0.25) is 0 Å². The molecule has 2 heterocycles. The summed E-state index contributed by atoms with van der Waals surface area (Å²) in [5.74, 6) is 1.75. The Bertz CT molecular complexity index is 651. The third-order valence-corrected chi connectivity index (χ3v) is 3.11. The van der Waals surface area contributed by atoms with Crippen molar-refractivity contribution in [3.05, 3.63) is 50.5 Å². The third kappa shape index (κ3) is 2.24. The first-order valence-electron chi connectivity index (χ1n) is 5.37. The molecule has 2 aromatic rings. The summed E-state index contributed by atoms with van der Waals surface area (Å²) in [6.07, 6.45) is 1.70. The van der Waals surface area contributed by atoms with E-state index in [1.54, 1.807) is 6.20 Å². The molecule has 0 bridgehead atoms. The lowest BCUT2D eigenvalue weighted by atomic mass is 10.1. The summed E-state index contributed by atoms with van der Waals surface area (Å²) < 4.78 is 7.76. The monoisotopic (exact) mass is 250 g/mol. The number of aromatic amines is 1. The lowest BCUT2D eigenvalue weighted by Gasteiger charge is -2.14. The molecule has 0 aliphatic heterocycles. The van der Waals surface area contributed by atoms with Gasteiger partial charge in [-0.1, -0.05) is 0 Å². The van der Waals surface area contributed by atoms with Crippen molar-refractivity contribution in [2.45, 2.75) is 26.8 Å². The minimum Gasteiger partial charge on any atom is -0.466 e. The van der Waals surface area contributed by atoms with Crippen molar-refractivity contribution in [1.29, 1.82) is 0 Å². The minimum absolute atomic E-state index is 0.0387. The number of nitrogens with zero attached hydrogens (tertiary/aromatic N) is 1. The number of hydrogen-bond donors (Lipinski definition) is 1. The highest BCUT2D eigenvalue weighted by Gasteiger charge is 2.14. The van der Waals surface area contributed by atoms with E-state index in [0.29, 0.717) is 4.77 Å². The predicted molar refractivity (Wildman–Crippen MR) is 67.9 cm³/mol. The highest BCUT2D eigenvalue weighted by atomic mass is 32.1. The molecular formula is C12H14N2O2S. The fraction of sp³-hybridized carbons (Fsp3) is 0.333. The number of aromatic nitrogens is 2. The van der Waals surface area contributed by atoms with Crippen LogP contribution in [0.15, 0.2) is 27.5 Å². The molecule has 1 atom stereocenters. The maximum absolute atomic E-state index is 11.1. The first kappa shape index (κ1) is 11.9.